The molecule has 0 atom stereocenters. The van der Waals surface area contributed by atoms with E-state index in [4.69, 9.17) is 11.6 Å². The standard InChI is InChI=1S/C5H9ClO2S/c6-2-1-5-3-9(7,8)4-5/h5H,1-4H2. The van der Waals surface area contributed by atoms with Gasteiger partial charge in [-0.25, -0.2) is 8.42 Å². The second kappa shape index (κ2) is 2.46. The number of halogens is 1. The van der Waals surface area contributed by atoms with Gasteiger partial charge in [0.25, 0.3) is 0 Å². The molecule has 1 saturated heterocycles. The van der Waals surface area contributed by atoms with Gasteiger partial charge in [0.1, 0.15) is 0 Å². The molecular weight excluding hydrogens is 160 g/mol. The number of sulfone groups is 1. The van der Waals surface area contributed by atoms with Crippen molar-refractivity contribution in [2.45, 2.75) is 6.42 Å². The van der Waals surface area contributed by atoms with Crippen LogP contribution < -0.4 is 0 Å². The maximum atomic E-state index is 10.5. The van der Waals surface area contributed by atoms with Crippen LogP contribution in [-0.4, -0.2) is 25.8 Å². The van der Waals surface area contributed by atoms with E-state index in [1.54, 1.807) is 0 Å². The summed E-state index contributed by atoms with van der Waals surface area (Å²) < 4.78 is 21.1. The minimum atomic E-state index is -2.61. The second-order valence-electron chi connectivity index (χ2n) is 2.42. The molecule has 0 aromatic heterocycles. The number of rotatable bonds is 2. The Morgan fingerprint density at radius 3 is 2.33 bits per heavy atom. The van der Waals surface area contributed by atoms with E-state index < -0.39 is 9.84 Å². The monoisotopic (exact) mass is 168 g/mol. The first-order chi connectivity index (χ1) is 4.14. The summed E-state index contributed by atoms with van der Waals surface area (Å²) in [6, 6.07) is 0. The highest BCUT2D eigenvalue weighted by molar-refractivity contribution is 7.92. The van der Waals surface area contributed by atoms with Crippen LogP contribution in [0.2, 0.25) is 0 Å². The van der Waals surface area contributed by atoms with E-state index in [-0.39, 0.29) is 0 Å². The van der Waals surface area contributed by atoms with Crippen molar-refractivity contribution in [3.8, 4) is 0 Å². The molecule has 0 bridgehead atoms. The third-order valence-corrected chi connectivity index (χ3v) is 3.67. The Labute approximate surface area is 60.1 Å². The van der Waals surface area contributed by atoms with Gasteiger partial charge in [-0.1, -0.05) is 0 Å². The van der Waals surface area contributed by atoms with E-state index in [1.165, 1.54) is 0 Å². The maximum Gasteiger partial charge on any atom is 0.150 e. The molecule has 0 aromatic rings. The molecule has 0 aromatic carbocycles. The van der Waals surface area contributed by atoms with E-state index in [2.05, 4.69) is 0 Å². The normalized spacial score (nSPS) is 25.4. The lowest BCUT2D eigenvalue weighted by molar-refractivity contribution is 0.514. The molecule has 9 heavy (non-hydrogen) atoms. The number of hydrogen-bond donors (Lipinski definition) is 0. The van der Waals surface area contributed by atoms with Gasteiger partial charge in [0.2, 0.25) is 0 Å². The van der Waals surface area contributed by atoms with Crippen molar-refractivity contribution in [3.05, 3.63) is 0 Å². The van der Waals surface area contributed by atoms with Crippen molar-refractivity contribution in [2.24, 2.45) is 5.92 Å². The largest absolute Gasteiger partial charge is 0.229 e. The molecule has 0 unspecified atom stereocenters. The fraction of sp³-hybridized carbons (Fsp3) is 1.00. The van der Waals surface area contributed by atoms with Crippen LogP contribution >= 0.6 is 11.6 Å². The van der Waals surface area contributed by atoms with Gasteiger partial charge in [-0.15, -0.1) is 11.6 Å². The van der Waals surface area contributed by atoms with Crippen LogP contribution in [0.1, 0.15) is 6.42 Å². The lowest BCUT2D eigenvalue weighted by Crippen LogP contribution is -2.36. The van der Waals surface area contributed by atoms with Gasteiger partial charge in [0.15, 0.2) is 9.84 Å². The van der Waals surface area contributed by atoms with Gasteiger partial charge >= 0.3 is 0 Å². The van der Waals surface area contributed by atoms with Gasteiger partial charge in [0.05, 0.1) is 11.5 Å². The van der Waals surface area contributed by atoms with Crippen LogP contribution in [0.15, 0.2) is 0 Å². The maximum absolute atomic E-state index is 10.5. The van der Waals surface area contributed by atoms with Crippen LogP contribution in [0.4, 0.5) is 0 Å². The molecule has 0 aliphatic carbocycles. The first-order valence-electron chi connectivity index (χ1n) is 2.90. The van der Waals surface area contributed by atoms with Crippen LogP contribution in [-0.2, 0) is 9.84 Å². The van der Waals surface area contributed by atoms with Crippen molar-refractivity contribution >= 4 is 21.4 Å². The Hall–Kier alpha value is 0.240. The molecule has 1 aliphatic heterocycles. The summed E-state index contributed by atoms with van der Waals surface area (Å²) in [5.74, 6) is 1.66. The molecule has 0 radical (unpaired) electrons. The van der Waals surface area contributed by atoms with E-state index in [9.17, 15) is 8.42 Å². The molecule has 0 saturated carbocycles. The van der Waals surface area contributed by atoms with Crippen LogP contribution in [0.3, 0.4) is 0 Å². The summed E-state index contributed by atoms with van der Waals surface area (Å²) in [5.41, 5.74) is 0. The third-order valence-electron chi connectivity index (χ3n) is 1.50. The number of alkyl halides is 1. The molecule has 0 amide bonds. The third kappa shape index (κ3) is 1.83. The fourth-order valence-corrected chi connectivity index (χ4v) is 2.97. The van der Waals surface area contributed by atoms with Crippen molar-refractivity contribution in [1.29, 1.82) is 0 Å². The number of hydrogen-bond acceptors (Lipinski definition) is 2. The van der Waals surface area contributed by atoms with Crippen LogP contribution in [0.5, 0.6) is 0 Å². The first kappa shape index (κ1) is 7.35. The molecule has 0 N–H and O–H groups in total. The predicted molar refractivity (Wildman–Crippen MR) is 37.5 cm³/mol. The summed E-state index contributed by atoms with van der Waals surface area (Å²) in [6.45, 7) is 0. The molecule has 1 aliphatic rings. The zero-order valence-corrected chi connectivity index (χ0v) is 6.58. The summed E-state index contributed by atoms with van der Waals surface area (Å²) in [6.07, 6.45) is 0.848. The highest BCUT2D eigenvalue weighted by atomic mass is 35.5. The minimum Gasteiger partial charge on any atom is -0.229 e. The lowest BCUT2D eigenvalue weighted by atomic mass is 10.1. The van der Waals surface area contributed by atoms with Crippen molar-refractivity contribution in [3.63, 3.8) is 0 Å². The van der Waals surface area contributed by atoms with Crippen LogP contribution in [0, 0.1) is 5.92 Å². The van der Waals surface area contributed by atoms with Crippen molar-refractivity contribution < 1.29 is 8.42 Å². The zero-order chi connectivity index (χ0) is 6.91. The molecular formula is C5H9ClO2S. The SMILES string of the molecule is O=S1(=O)CC(CCCl)C1. The summed E-state index contributed by atoms with van der Waals surface area (Å²) in [5, 5.41) is 0. The van der Waals surface area contributed by atoms with Gasteiger partial charge in [0, 0.05) is 5.88 Å². The highest BCUT2D eigenvalue weighted by Crippen LogP contribution is 2.21. The Balaban J connectivity index is 2.28. The Bertz CT molecular complexity index is 173. The van der Waals surface area contributed by atoms with Crippen molar-refractivity contribution in [1.82, 2.24) is 0 Å². The average Bonchev–Trinajstić information content (AvgIpc) is 1.62. The smallest absolute Gasteiger partial charge is 0.150 e. The molecule has 1 rings (SSSR count). The molecule has 54 valence electrons. The van der Waals surface area contributed by atoms with Gasteiger partial charge in [-0.2, -0.15) is 0 Å². The quantitative estimate of drug-likeness (QED) is 0.568. The first-order valence-corrected chi connectivity index (χ1v) is 5.26. The summed E-state index contributed by atoms with van der Waals surface area (Å²) in [4.78, 5) is 0. The summed E-state index contributed by atoms with van der Waals surface area (Å²) in [7, 11) is -2.61. The van der Waals surface area contributed by atoms with E-state index in [0.717, 1.165) is 6.42 Å². The lowest BCUT2D eigenvalue weighted by Gasteiger charge is -2.24. The van der Waals surface area contributed by atoms with E-state index in [1.807, 2.05) is 0 Å². The molecule has 1 heterocycles. The zero-order valence-electron chi connectivity index (χ0n) is 5.01. The van der Waals surface area contributed by atoms with E-state index in [0.29, 0.717) is 23.3 Å². The molecule has 1 fully saturated rings. The molecule has 4 heteroatoms. The van der Waals surface area contributed by atoms with Gasteiger partial charge in [-0.3, -0.25) is 0 Å². The second-order valence-corrected chi connectivity index (χ2v) is 4.95. The van der Waals surface area contributed by atoms with E-state index >= 15 is 0 Å². The highest BCUT2D eigenvalue weighted by Gasteiger charge is 2.32. The Morgan fingerprint density at radius 2 is 2.00 bits per heavy atom. The van der Waals surface area contributed by atoms with Gasteiger partial charge < -0.3 is 0 Å². The Morgan fingerprint density at radius 1 is 1.44 bits per heavy atom. The van der Waals surface area contributed by atoms with Crippen molar-refractivity contribution in [2.75, 3.05) is 17.4 Å². The molecule has 2 nitrogen and oxygen atoms in total. The fourth-order valence-electron chi connectivity index (χ4n) is 0.990. The Kier molecular flexibility index (Phi) is 2.01. The predicted octanol–water partition coefficient (Wildman–Crippen LogP) is 0.660. The topological polar surface area (TPSA) is 34.1 Å². The summed E-state index contributed by atoms with van der Waals surface area (Å²) >= 11 is 5.41. The van der Waals surface area contributed by atoms with Crippen LogP contribution in [0.25, 0.3) is 0 Å². The minimum absolute atomic E-state index is 0.354. The molecule has 0 spiro atoms. The van der Waals surface area contributed by atoms with Gasteiger partial charge in [-0.05, 0) is 12.3 Å². The average molecular weight is 169 g/mol.